The van der Waals surface area contributed by atoms with Gasteiger partial charge < -0.3 is 14.9 Å². The Morgan fingerprint density at radius 2 is 1.65 bits per heavy atom. The van der Waals surface area contributed by atoms with E-state index >= 15 is 0 Å². The molecule has 0 aliphatic heterocycles. The van der Waals surface area contributed by atoms with Gasteiger partial charge in [-0.3, -0.25) is 4.31 Å². The van der Waals surface area contributed by atoms with Gasteiger partial charge in [0, 0.05) is 12.1 Å². The molecule has 0 atom stereocenters. The lowest BCUT2D eigenvalue weighted by atomic mass is 10.1. The average Bonchev–Trinajstić information content (AvgIpc) is 2.78. The Morgan fingerprint density at radius 3 is 2.23 bits per heavy atom. The Labute approximate surface area is 184 Å². The third kappa shape index (κ3) is 6.21. The van der Waals surface area contributed by atoms with Crippen LogP contribution in [-0.2, 0) is 16.6 Å². The number of carboxylic acids is 1. The van der Waals surface area contributed by atoms with E-state index in [1.807, 2.05) is 0 Å². The Balaban J connectivity index is 2.47. The fraction of sp³-hybridized carbons (Fsp3) is 0.435. The lowest BCUT2D eigenvalue weighted by Crippen LogP contribution is -2.34. The van der Waals surface area contributed by atoms with Gasteiger partial charge in [-0.25, -0.2) is 13.2 Å². The monoisotopic (exact) mass is 449 g/mol. The predicted octanol–water partition coefficient (Wildman–Crippen LogP) is 4.44. The number of aromatic carboxylic acids is 1. The van der Waals surface area contributed by atoms with Crippen LogP contribution in [-0.4, -0.2) is 38.3 Å². The fourth-order valence-electron chi connectivity index (χ4n) is 3.45. The molecule has 31 heavy (non-hydrogen) atoms. The molecule has 7 nitrogen and oxygen atoms in total. The van der Waals surface area contributed by atoms with Crippen molar-refractivity contribution < 1.29 is 28.2 Å². The van der Waals surface area contributed by atoms with Gasteiger partial charge in [-0.2, -0.15) is 0 Å². The first-order valence-electron chi connectivity index (χ1n) is 10.5. The minimum Gasteiger partial charge on any atom is -0.497 e. The summed E-state index contributed by atoms with van der Waals surface area (Å²) in [6.45, 7) is 1.78. The summed E-state index contributed by atoms with van der Waals surface area (Å²) in [6.07, 6.45) is 5.72. The van der Waals surface area contributed by atoms with Crippen molar-refractivity contribution in [3.8, 4) is 5.75 Å². The molecule has 0 spiro atoms. The number of para-hydroxylation sites is 1. The van der Waals surface area contributed by atoms with Gasteiger partial charge in [0.15, 0.2) is 0 Å². The van der Waals surface area contributed by atoms with Crippen molar-refractivity contribution in [1.82, 2.24) is 0 Å². The molecule has 0 saturated heterocycles. The SMILES string of the molecule is CCCCCCCCN(c1c(CO)cccc1C(=O)O)S(=O)(=O)c1ccc(OC)cc1. The molecular weight excluding hydrogens is 418 g/mol. The number of benzene rings is 2. The van der Waals surface area contributed by atoms with Crippen LogP contribution in [0.2, 0.25) is 0 Å². The number of unbranched alkanes of at least 4 members (excludes halogenated alkanes) is 5. The summed E-state index contributed by atoms with van der Waals surface area (Å²) >= 11 is 0. The molecule has 2 N–H and O–H groups in total. The number of hydrogen-bond acceptors (Lipinski definition) is 5. The molecule has 2 aromatic rings. The molecule has 0 bridgehead atoms. The maximum absolute atomic E-state index is 13.6. The summed E-state index contributed by atoms with van der Waals surface area (Å²) in [5.41, 5.74) is 0.111. The van der Waals surface area contributed by atoms with Gasteiger partial charge in [0.1, 0.15) is 5.75 Å². The summed E-state index contributed by atoms with van der Waals surface area (Å²) in [5.74, 6) is -0.730. The molecule has 170 valence electrons. The summed E-state index contributed by atoms with van der Waals surface area (Å²) in [6, 6.07) is 10.4. The quantitative estimate of drug-likeness (QED) is 0.438. The summed E-state index contributed by atoms with van der Waals surface area (Å²) in [7, 11) is -2.57. The van der Waals surface area contributed by atoms with Crippen LogP contribution in [0.5, 0.6) is 5.75 Å². The van der Waals surface area contributed by atoms with E-state index in [1.54, 1.807) is 18.2 Å². The van der Waals surface area contributed by atoms with Gasteiger partial charge in [0.2, 0.25) is 0 Å². The van der Waals surface area contributed by atoms with Crippen LogP contribution >= 0.6 is 0 Å². The number of methoxy groups -OCH3 is 1. The maximum Gasteiger partial charge on any atom is 0.337 e. The Kier molecular flexibility index (Phi) is 9.33. The predicted molar refractivity (Wildman–Crippen MR) is 120 cm³/mol. The van der Waals surface area contributed by atoms with Crippen LogP contribution < -0.4 is 9.04 Å². The molecule has 2 aromatic carbocycles. The van der Waals surface area contributed by atoms with Crippen molar-refractivity contribution in [2.45, 2.75) is 57.0 Å². The molecule has 0 amide bonds. The molecule has 2 rings (SSSR count). The number of carbonyl (C=O) groups is 1. The topological polar surface area (TPSA) is 104 Å². The minimum atomic E-state index is -4.06. The lowest BCUT2D eigenvalue weighted by Gasteiger charge is -2.28. The molecular formula is C23H31NO6S. The number of ether oxygens (including phenoxy) is 1. The number of aliphatic hydroxyl groups excluding tert-OH is 1. The second kappa shape index (κ2) is 11.7. The highest BCUT2D eigenvalue weighted by molar-refractivity contribution is 7.92. The van der Waals surface area contributed by atoms with Crippen LogP contribution in [0.1, 0.15) is 61.4 Å². The maximum atomic E-state index is 13.6. The van der Waals surface area contributed by atoms with Gasteiger partial charge in [0.25, 0.3) is 10.0 Å². The van der Waals surface area contributed by atoms with E-state index in [-0.39, 0.29) is 28.3 Å². The van der Waals surface area contributed by atoms with E-state index in [1.165, 1.54) is 31.4 Å². The first-order chi connectivity index (χ1) is 14.9. The van der Waals surface area contributed by atoms with Gasteiger partial charge in [0.05, 0.1) is 29.9 Å². The molecule has 0 aliphatic carbocycles. The van der Waals surface area contributed by atoms with Crippen molar-refractivity contribution in [3.05, 3.63) is 53.6 Å². The average molecular weight is 450 g/mol. The van der Waals surface area contributed by atoms with Gasteiger partial charge >= 0.3 is 5.97 Å². The lowest BCUT2D eigenvalue weighted by molar-refractivity contribution is 0.0697. The van der Waals surface area contributed by atoms with Crippen LogP contribution in [0.25, 0.3) is 0 Å². The summed E-state index contributed by atoms with van der Waals surface area (Å²) in [4.78, 5) is 11.9. The second-order valence-corrected chi connectivity index (χ2v) is 9.16. The molecule has 0 aromatic heterocycles. The van der Waals surface area contributed by atoms with E-state index in [4.69, 9.17) is 4.74 Å². The number of anilines is 1. The highest BCUT2D eigenvalue weighted by Crippen LogP contribution is 2.32. The number of rotatable bonds is 13. The first kappa shape index (κ1) is 24.7. The zero-order valence-electron chi connectivity index (χ0n) is 18.1. The summed E-state index contributed by atoms with van der Waals surface area (Å²) < 4.78 is 33.3. The Morgan fingerprint density at radius 1 is 1.00 bits per heavy atom. The second-order valence-electron chi connectivity index (χ2n) is 7.30. The van der Waals surface area contributed by atoms with E-state index < -0.39 is 22.6 Å². The normalized spacial score (nSPS) is 11.3. The third-order valence-electron chi connectivity index (χ3n) is 5.13. The fourth-order valence-corrected chi connectivity index (χ4v) is 5.01. The minimum absolute atomic E-state index is 0.0156. The van der Waals surface area contributed by atoms with Crippen LogP contribution in [0.15, 0.2) is 47.4 Å². The highest BCUT2D eigenvalue weighted by Gasteiger charge is 2.30. The van der Waals surface area contributed by atoms with Crippen LogP contribution in [0, 0.1) is 0 Å². The number of aliphatic hydroxyl groups is 1. The highest BCUT2D eigenvalue weighted by atomic mass is 32.2. The molecule has 0 fully saturated rings. The molecule has 0 radical (unpaired) electrons. The van der Waals surface area contributed by atoms with E-state index in [2.05, 4.69) is 6.92 Å². The van der Waals surface area contributed by atoms with Crippen molar-refractivity contribution in [2.24, 2.45) is 0 Å². The Bertz CT molecular complexity index is 957. The van der Waals surface area contributed by atoms with E-state index in [9.17, 15) is 23.4 Å². The number of sulfonamides is 1. The summed E-state index contributed by atoms with van der Waals surface area (Å²) in [5, 5.41) is 19.5. The first-order valence-corrected chi connectivity index (χ1v) is 11.9. The van der Waals surface area contributed by atoms with Gasteiger partial charge in [-0.1, -0.05) is 51.2 Å². The zero-order chi connectivity index (χ0) is 22.9. The van der Waals surface area contributed by atoms with Crippen molar-refractivity contribution >= 4 is 21.7 Å². The zero-order valence-corrected chi connectivity index (χ0v) is 18.9. The van der Waals surface area contributed by atoms with Crippen molar-refractivity contribution in [1.29, 1.82) is 0 Å². The van der Waals surface area contributed by atoms with Crippen molar-refractivity contribution in [2.75, 3.05) is 18.0 Å². The standard InChI is InChI=1S/C23H31NO6S/c1-3-4-5-6-7-8-16-24(22-18(17-25)10-9-11-21(22)23(26)27)31(28,29)20-14-12-19(30-2)13-15-20/h9-15,25H,3-8,16-17H2,1-2H3,(H,26,27). The van der Waals surface area contributed by atoms with Gasteiger partial charge in [-0.05, 0) is 36.8 Å². The van der Waals surface area contributed by atoms with E-state index in [0.29, 0.717) is 12.2 Å². The number of carboxylic acid groups (broad SMARTS) is 1. The van der Waals surface area contributed by atoms with Gasteiger partial charge in [-0.15, -0.1) is 0 Å². The van der Waals surface area contributed by atoms with Crippen LogP contribution in [0.3, 0.4) is 0 Å². The number of nitrogens with zero attached hydrogens (tertiary/aromatic N) is 1. The molecule has 0 aliphatic rings. The van der Waals surface area contributed by atoms with Crippen LogP contribution in [0.4, 0.5) is 5.69 Å². The third-order valence-corrected chi connectivity index (χ3v) is 6.95. The largest absolute Gasteiger partial charge is 0.497 e. The molecule has 0 unspecified atom stereocenters. The molecule has 0 saturated carbocycles. The Hall–Kier alpha value is -2.58. The van der Waals surface area contributed by atoms with Crippen molar-refractivity contribution in [3.63, 3.8) is 0 Å². The van der Waals surface area contributed by atoms with E-state index in [0.717, 1.165) is 36.4 Å². The number of hydrogen-bond donors (Lipinski definition) is 2. The smallest absolute Gasteiger partial charge is 0.337 e. The molecule has 0 heterocycles. The molecule has 8 heteroatoms.